The second-order valence-corrected chi connectivity index (χ2v) is 13.0. The van der Waals surface area contributed by atoms with Crippen molar-refractivity contribution in [3.05, 3.63) is 0 Å². The molecule has 0 aromatic rings. The lowest BCUT2D eigenvalue weighted by atomic mass is 9.91. The minimum atomic E-state index is -1.69. The zero-order valence-electron chi connectivity index (χ0n) is 11.7. The molecule has 0 saturated carbocycles. The molecule has 0 atom stereocenters. The SMILES string of the molecule is CC[Si](CC)(O[SiH3])C1=NC(C)(C)C(C)(C)S1. The summed E-state index contributed by atoms with van der Waals surface area (Å²) in [6.07, 6.45) is 0. The molecule has 0 radical (unpaired) electrons. The topological polar surface area (TPSA) is 21.6 Å². The van der Waals surface area contributed by atoms with Gasteiger partial charge in [-0.1, -0.05) is 13.8 Å². The van der Waals surface area contributed by atoms with Crippen LogP contribution in [-0.4, -0.2) is 33.8 Å². The second kappa shape index (κ2) is 4.59. The van der Waals surface area contributed by atoms with Gasteiger partial charge in [0.1, 0.15) is 10.5 Å². The van der Waals surface area contributed by atoms with Crippen LogP contribution in [0.2, 0.25) is 12.1 Å². The van der Waals surface area contributed by atoms with Gasteiger partial charge in [-0.05, 0) is 39.8 Å². The van der Waals surface area contributed by atoms with Crippen molar-refractivity contribution in [2.75, 3.05) is 0 Å². The van der Waals surface area contributed by atoms with Gasteiger partial charge in [0.25, 0.3) is 0 Å². The van der Waals surface area contributed by atoms with E-state index in [2.05, 4.69) is 41.5 Å². The maximum absolute atomic E-state index is 6.03. The van der Waals surface area contributed by atoms with Crippen LogP contribution < -0.4 is 0 Å². The molecule has 2 nitrogen and oxygen atoms in total. The molecule has 1 aliphatic heterocycles. The van der Waals surface area contributed by atoms with Gasteiger partial charge in [-0.15, -0.1) is 11.8 Å². The van der Waals surface area contributed by atoms with Crippen molar-refractivity contribution in [2.45, 2.75) is 63.9 Å². The zero-order valence-corrected chi connectivity index (χ0v) is 15.5. The number of hydrogen-bond donors (Lipinski definition) is 0. The summed E-state index contributed by atoms with van der Waals surface area (Å²) in [5.74, 6) is 0. The summed E-state index contributed by atoms with van der Waals surface area (Å²) < 4.78 is 7.58. The van der Waals surface area contributed by atoms with Gasteiger partial charge in [0, 0.05) is 4.75 Å². The summed E-state index contributed by atoms with van der Waals surface area (Å²) in [7, 11) is -0.851. The average Bonchev–Trinajstić information content (AvgIpc) is 2.40. The Kier molecular flexibility index (Phi) is 4.15. The van der Waals surface area contributed by atoms with Crippen LogP contribution in [0.25, 0.3) is 0 Å². The van der Waals surface area contributed by atoms with E-state index < -0.39 is 8.32 Å². The van der Waals surface area contributed by atoms with Crippen LogP contribution >= 0.6 is 11.8 Å². The Bertz CT molecular complexity index is 290. The van der Waals surface area contributed by atoms with E-state index in [4.69, 9.17) is 9.11 Å². The zero-order chi connectivity index (χ0) is 12.6. The molecule has 16 heavy (non-hydrogen) atoms. The van der Waals surface area contributed by atoms with Crippen molar-refractivity contribution in [1.29, 1.82) is 0 Å². The van der Waals surface area contributed by atoms with Crippen molar-refractivity contribution >= 4 is 35.2 Å². The van der Waals surface area contributed by atoms with Gasteiger partial charge in [-0.3, -0.25) is 4.99 Å². The van der Waals surface area contributed by atoms with E-state index in [9.17, 15) is 0 Å². The van der Waals surface area contributed by atoms with Crippen molar-refractivity contribution in [1.82, 2.24) is 0 Å². The summed E-state index contributed by atoms with van der Waals surface area (Å²) >= 11 is 1.96. The maximum Gasteiger partial charge on any atom is 0.238 e. The predicted octanol–water partition coefficient (Wildman–Crippen LogP) is 2.51. The lowest BCUT2D eigenvalue weighted by Crippen LogP contribution is -2.44. The minimum Gasteiger partial charge on any atom is -0.459 e. The molecule has 0 fully saturated rings. The van der Waals surface area contributed by atoms with Crippen LogP contribution in [0.1, 0.15) is 41.5 Å². The first kappa shape index (κ1) is 14.5. The van der Waals surface area contributed by atoms with Crippen LogP contribution in [0.5, 0.6) is 0 Å². The van der Waals surface area contributed by atoms with Crippen molar-refractivity contribution < 1.29 is 4.12 Å². The molecule has 0 spiro atoms. The Morgan fingerprint density at radius 3 is 2.00 bits per heavy atom. The van der Waals surface area contributed by atoms with Crippen LogP contribution in [0, 0.1) is 0 Å². The molecule has 0 bridgehead atoms. The van der Waals surface area contributed by atoms with E-state index in [0.717, 1.165) is 22.6 Å². The van der Waals surface area contributed by atoms with Crippen LogP contribution in [0.3, 0.4) is 0 Å². The molecule has 1 rings (SSSR count). The van der Waals surface area contributed by atoms with Gasteiger partial charge >= 0.3 is 0 Å². The highest BCUT2D eigenvalue weighted by Gasteiger charge is 2.50. The van der Waals surface area contributed by atoms with Gasteiger partial charge in [0.15, 0.2) is 0 Å². The molecule has 0 N–H and O–H groups in total. The number of nitrogens with zero attached hydrogens (tertiary/aromatic N) is 1. The Morgan fingerprint density at radius 1 is 1.25 bits per heavy atom. The first-order valence-corrected chi connectivity index (χ1v) is 10.0. The Balaban J connectivity index is 3.08. The van der Waals surface area contributed by atoms with E-state index in [1.165, 1.54) is 4.67 Å². The molecule has 0 saturated heterocycles. The predicted molar refractivity (Wildman–Crippen MR) is 80.9 cm³/mol. The molecule has 94 valence electrons. The molecule has 0 aliphatic carbocycles. The highest BCUT2D eigenvalue weighted by molar-refractivity contribution is 8.19. The second-order valence-electron chi connectivity index (χ2n) is 5.49. The van der Waals surface area contributed by atoms with Crippen LogP contribution in [0.4, 0.5) is 0 Å². The highest BCUT2D eigenvalue weighted by atomic mass is 32.2. The fourth-order valence-electron chi connectivity index (χ4n) is 1.90. The lowest BCUT2D eigenvalue weighted by Gasteiger charge is -2.32. The van der Waals surface area contributed by atoms with E-state index >= 15 is 0 Å². The third-order valence-corrected chi connectivity index (χ3v) is 13.1. The van der Waals surface area contributed by atoms with E-state index in [1.54, 1.807) is 0 Å². The third-order valence-electron chi connectivity index (χ3n) is 4.13. The summed E-state index contributed by atoms with van der Waals surface area (Å²) in [5, 5.41) is 0. The lowest BCUT2D eigenvalue weighted by molar-refractivity contribution is 0.426. The Labute approximate surface area is 108 Å². The number of rotatable bonds is 4. The van der Waals surface area contributed by atoms with E-state index in [1.807, 2.05) is 11.8 Å². The smallest absolute Gasteiger partial charge is 0.238 e. The monoisotopic (exact) mass is 275 g/mol. The number of hydrogen-bond acceptors (Lipinski definition) is 3. The number of aliphatic imine (C=N–C) groups is 1. The first-order valence-electron chi connectivity index (χ1n) is 6.09. The maximum atomic E-state index is 6.03. The van der Waals surface area contributed by atoms with Crippen molar-refractivity contribution in [3.63, 3.8) is 0 Å². The van der Waals surface area contributed by atoms with Gasteiger partial charge in [0.2, 0.25) is 8.32 Å². The highest BCUT2D eigenvalue weighted by Crippen LogP contribution is 2.47. The molecule has 5 heteroatoms. The fraction of sp³-hybridized carbons (Fsp3) is 0.909. The summed E-state index contributed by atoms with van der Waals surface area (Å²) in [6, 6.07) is 2.32. The molecular formula is C11H25NOSSi2. The molecule has 0 unspecified atom stereocenters. The van der Waals surface area contributed by atoms with Crippen LogP contribution in [0.15, 0.2) is 4.99 Å². The van der Waals surface area contributed by atoms with Gasteiger partial charge in [-0.2, -0.15) is 0 Å². The third kappa shape index (κ3) is 2.19. The molecule has 0 amide bonds. The molecule has 1 aliphatic rings. The quantitative estimate of drug-likeness (QED) is 0.735. The van der Waals surface area contributed by atoms with E-state index in [-0.39, 0.29) is 10.3 Å². The molecular weight excluding hydrogens is 250 g/mol. The standard InChI is InChI=1S/C11H25NOSSi2/c1-7-16(8-2,13-15)9-12-10(3,4)11(5,6)14-9/h7-8H2,1-6,15H3. The molecule has 0 aromatic carbocycles. The minimum absolute atomic E-state index is 0.0374. The van der Waals surface area contributed by atoms with E-state index in [0.29, 0.717) is 0 Å². The van der Waals surface area contributed by atoms with Gasteiger partial charge in [-0.25, -0.2) is 0 Å². The Morgan fingerprint density at radius 2 is 1.75 bits per heavy atom. The molecule has 0 aromatic heterocycles. The average molecular weight is 276 g/mol. The van der Waals surface area contributed by atoms with Crippen molar-refractivity contribution in [3.8, 4) is 0 Å². The summed E-state index contributed by atoms with van der Waals surface area (Å²) in [5.41, 5.74) is 0.0374. The summed E-state index contributed by atoms with van der Waals surface area (Å²) in [6.45, 7) is 13.6. The Hall–Kier alpha value is 0.414. The normalized spacial score (nSPS) is 23.5. The molecule has 1 heterocycles. The number of thioether (sulfide) groups is 1. The first-order chi connectivity index (χ1) is 7.24. The fourth-order valence-corrected chi connectivity index (χ4v) is 10.7. The van der Waals surface area contributed by atoms with Crippen molar-refractivity contribution in [2.24, 2.45) is 4.99 Å². The largest absolute Gasteiger partial charge is 0.459 e. The van der Waals surface area contributed by atoms with Crippen LogP contribution in [-0.2, 0) is 4.12 Å². The van der Waals surface area contributed by atoms with Gasteiger partial charge in [0.05, 0.1) is 10.2 Å². The van der Waals surface area contributed by atoms with Gasteiger partial charge < -0.3 is 4.12 Å². The summed E-state index contributed by atoms with van der Waals surface area (Å²) in [4.78, 5) is 5.00.